The van der Waals surface area contributed by atoms with Gasteiger partial charge in [-0.25, -0.2) is 9.07 Å². The van der Waals surface area contributed by atoms with Gasteiger partial charge in [0.2, 0.25) is 5.91 Å². The SMILES string of the molecule is O=C(Cn1nnc2ccccc2c1=O)Nc1ccc(F)c(Cl)c1. The van der Waals surface area contributed by atoms with Crippen molar-refractivity contribution in [2.75, 3.05) is 5.32 Å². The maximum absolute atomic E-state index is 13.1. The van der Waals surface area contributed by atoms with E-state index < -0.39 is 17.3 Å². The highest BCUT2D eigenvalue weighted by molar-refractivity contribution is 6.31. The number of amides is 1. The van der Waals surface area contributed by atoms with E-state index in [-0.39, 0.29) is 11.6 Å². The molecule has 2 aromatic carbocycles. The second kappa shape index (κ2) is 6.13. The van der Waals surface area contributed by atoms with E-state index in [2.05, 4.69) is 15.6 Å². The van der Waals surface area contributed by atoms with E-state index in [1.807, 2.05) is 0 Å². The molecule has 3 aromatic rings. The minimum Gasteiger partial charge on any atom is -0.324 e. The van der Waals surface area contributed by atoms with Gasteiger partial charge in [-0.15, -0.1) is 5.10 Å². The summed E-state index contributed by atoms with van der Waals surface area (Å²) in [7, 11) is 0. The van der Waals surface area contributed by atoms with Crippen molar-refractivity contribution in [3.63, 3.8) is 0 Å². The van der Waals surface area contributed by atoms with Crippen molar-refractivity contribution in [2.45, 2.75) is 6.54 Å². The number of halogens is 2. The fraction of sp³-hybridized carbons (Fsp3) is 0.0667. The molecule has 8 heteroatoms. The Labute approximate surface area is 134 Å². The van der Waals surface area contributed by atoms with Crippen molar-refractivity contribution in [2.24, 2.45) is 0 Å². The summed E-state index contributed by atoms with van der Waals surface area (Å²) >= 11 is 5.64. The molecule has 116 valence electrons. The van der Waals surface area contributed by atoms with E-state index >= 15 is 0 Å². The zero-order valence-electron chi connectivity index (χ0n) is 11.7. The van der Waals surface area contributed by atoms with Crippen LogP contribution in [0.2, 0.25) is 5.02 Å². The van der Waals surface area contributed by atoms with Crippen molar-refractivity contribution in [1.29, 1.82) is 0 Å². The minimum atomic E-state index is -0.582. The van der Waals surface area contributed by atoms with Crippen LogP contribution in [0.3, 0.4) is 0 Å². The van der Waals surface area contributed by atoms with Crippen molar-refractivity contribution < 1.29 is 9.18 Å². The first-order valence-electron chi connectivity index (χ1n) is 6.62. The van der Waals surface area contributed by atoms with Gasteiger partial charge in [-0.05, 0) is 30.3 Å². The molecule has 0 radical (unpaired) electrons. The Kier molecular flexibility index (Phi) is 4.03. The number of anilines is 1. The maximum Gasteiger partial charge on any atom is 0.278 e. The van der Waals surface area contributed by atoms with Crippen molar-refractivity contribution in [1.82, 2.24) is 15.0 Å². The molecule has 0 atom stereocenters. The lowest BCUT2D eigenvalue weighted by Crippen LogP contribution is -2.30. The summed E-state index contributed by atoms with van der Waals surface area (Å²) in [5, 5.41) is 10.4. The summed E-state index contributed by atoms with van der Waals surface area (Å²) in [6.07, 6.45) is 0. The largest absolute Gasteiger partial charge is 0.324 e. The Hall–Kier alpha value is -2.80. The Morgan fingerprint density at radius 1 is 1.26 bits per heavy atom. The number of carbonyl (C=O) groups excluding carboxylic acids is 1. The maximum atomic E-state index is 13.1. The number of fused-ring (bicyclic) bond motifs is 1. The molecule has 0 aliphatic carbocycles. The van der Waals surface area contributed by atoms with Gasteiger partial charge in [0.25, 0.3) is 5.56 Å². The molecule has 3 rings (SSSR count). The van der Waals surface area contributed by atoms with Gasteiger partial charge in [0.15, 0.2) is 0 Å². The number of nitrogens with zero attached hydrogens (tertiary/aromatic N) is 3. The molecule has 0 unspecified atom stereocenters. The number of aromatic nitrogens is 3. The molecule has 6 nitrogen and oxygen atoms in total. The standard InChI is InChI=1S/C15H10ClFN4O2/c16-11-7-9(5-6-12(11)17)18-14(22)8-21-15(23)10-3-1-2-4-13(10)19-20-21/h1-7H,8H2,(H,18,22). The molecule has 1 aromatic heterocycles. The third-order valence-corrected chi connectivity index (χ3v) is 3.42. The monoisotopic (exact) mass is 332 g/mol. The van der Waals surface area contributed by atoms with Crippen LogP contribution in [0.1, 0.15) is 0 Å². The average Bonchev–Trinajstić information content (AvgIpc) is 2.54. The Morgan fingerprint density at radius 3 is 2.83 bits per heavy atom. The van der Waals surface area contributed by atoms with Crippen LogP contribution in [-0.4, -0.2) is 20.9 Å². The van der Waals surface area contributed by atoms with E-state index in [0.717, 1.165) is 10.7 Å². The second-order valence-corrected chi connectivity index (χ2v) is 5.15. The first-order valence-corrected chi connectivity index (χ1v) is 7.00. The Balaban J connectivity index is 1.81. The number of hydrogen-bond acceptors (Lipinski definition) is 4. The zero-order chi connectivity index (χ0) is 16.4. The quantitative estimate of drug-likeness (QED) is 0.798. The van der Waals surface area contributed by atoms with E-state index in [0.29, 0.717) is 16.6 Å². The van der Waals surface area contributed by atoms with Crippen molar-refractivity contribution >= 4 is 34.1 Å². The molecular formula is C15H10ClFN4O2. The first kappa shape index (κ1) is 15.1. The fourth-order valence-corrected chi connectivity index (χ4v) is 2.22. The average molecular weight is 333 g/mol. The topological polar surface area (TPSA) is 76.9 Å². The summed E-state index contributed by atoms with van der Waals surface area (Å²) in [5.41, 5.74) is 0.366. The van der Waals surface area contributed by atoms with E-state index in [9.17, 15) is 14.0 Å². The lowest BCUT2D eigenvalue weighted by Gasteiger charge is -2.07. The second-order valence-electron chi connectivity index (χ2n) is 4.75. The van der Waals surface area contributed by atoms with Gasteiger partial charge in [-0.3, -0.25) is 9.59 Å². The Bertz CT molecular complexity index is 958. The number of carbonyl (C=O) groups is 1. The highest BCUT2D eigenvalue weighted by atomic mass is 35.5. The third-order valence-electron chi connectivity index (χ3n) is 3.13. The van der Waals surface area contributed by atoms with E-state index in [4.69, 9.17) is 11.6 Å². The van der Waals surface area contributed by atoms with Crippen LogP contribution in [-0.2, 0) is 11.3 Å². The lowest BCUT2D eigenvalue weighted by molar-refractivity contribution is -0.117. The molecule has 0 saturated carbocycles. The van der Waals surface area contributed by atoms with E-state index in [1.54, 1.807) is 24.3 Å². The van der Waals surface area contributed by atoms with Crippen LogP contribution < -0.4 is 10.9 Å². The van der Waals surface area contributed by atoms with Crippen molar-refractivity contribution in [3.8, 4) is 0 Å². The van der Waals surface area contributed by atoms with Crippen LogP contribution in [0, 0.1) is 5.82 Å². The van der Waals surface area contributed by atoms with Gasteiger partial charge < -0.3 is 5.32 Å². The molecule has 1 heterocycles. The summed E-state index contributed by atoms with van der Waals surface area (Å²) in [6, 6.07) is 10.5. The summed E-state index contributed by atoms with van der Waals surface area (Å²) in [6.45, 7) is -0.314. The molecule has 1 N–H and O–H groups in total. The first-order chi connectivity index (χ1) is 11.0. The summed E-state index contributed by atoms with van der Waals surface area (Å²) in [4.78, 5) is 24.2. The van der Waals surface area contributed by atoms with E-state index in [1.165, 1.54) is 12.1 Å². The highest BCUT2D eigenvalue weighted by Crippen LogP contribution is 2.19. The molecule has 23 heavy (non-hydrogen) atoms. The van der Waals surface area contributed by atoms with Crippen LogP contribution in [0.5, 0.6) is 0 Å². The number of rotatable bonds is 3. The predicted molar refractivity (Wildman–Crippen MR) is 83.8 cm³/mol. The fourth-order valence-electron chi connectivity index (χ4n) is 2.04. The predicted octanol–water partition coefficient (Wildman–Crippen LogP) is 2.22. The Morgan fingerprint density at radius 2 is 2.04 bits per heavy atom. The molecule has 0 fully saturated rings. The van der Waals surface area contributed by atoms with Crippen LogP contribution in [0.15, 0.2) is 47.3 Å². The third kappa shape index (κ3) is 3.19. The highest BCUT2D eigenvalue weighted by Gasteiger charge is 2.10. The van der Waals surface area contributed by atoms with Gasteiger partial charge in [-0.2, -0.15) is 0 Å². The molecular weight excluding hydrogens is 323 g/mol. The number of nitrogens with one attached hydrogen (secondary N) is 1. The molecule has 1 amide bonds. The lowest BCUT2D eigenvalue weighted by atomic mass is 10.2. The molecule has 0 spiro atoms. The van der Waals surface area contributed by atoms with Crippen molar-refractivity contribution in [3.05, 3.63) is 63.7 Å². The molecule has 0 aliphatic heterocycles. The smallest absolute Gasteiger partial charge is 0.278 e. The number of hydrogen-bond donors (Lipinski definition) is 1. The van der Waals surface area contributed by atoms with Gasteiger partial charge in [0.1, 0.15) is 17.9 Å². The van der Waals surface area contributed by atoms with Crippen LogP contribution >= 0.6 is 11.6 Å². The normalized spacial score (nSPS) is 10.7. The number of benzene rings is 2. The minimum absolute atomic E-state index is 0.106. The van der Waals surface area contributed by atoms with Gasteiger partial charge in [-0.1, -0.05) is 28.9 Å². The van der Waals surface area contributed by atoms with Crippen LogP contribution in [0.4, 0.5) is 10.1 Å². The van der Waals surface area contributed by atoms with Gasteiger partial charge in [0.05, 0.1) is 10.4 Å². The van der Waals surface area contributed by atoms with Gasteiger partial charge >= 0.3 is 0 Å². The summed E-state index contributed by atoms with van der Waals surface area (Å²) < 4.78 is 14.0. The molecule has 0 aliphatic rings. The zero-order valence-corrected chi connectivity index (χ0v) is 12.4. The molecule has 0 saturated heterocycles. The van der Waals surface area contributed by atoms with Crippen LogP contribution in [0.25, 0.3) is 10.9 Å². The molecule has 0 bridgehead atoms. The van der Waals surface area contributed by atoms with Gasteiger partial charge in [0, 0.05) is 5.69 Å². The summed E-state index contributed by atoms with van der Waals surface area (Å²) in [5.74, 6) is -1.08.